The Hall–Kier alpha value is -2.72. The van der Waals surface area contributed by atoms with Crippen LogP contribution in [0.3, 0.4) is 0 Å². The van der Waals surface area contributed by atoms with Crippen LogP contribution in [0.15, 0.2) is 30.2 Å². The van der Waals surface area contributed by atoms with Crippen LogP contribution in [-0.4, -0.2) is 53.5 Å². The maximum atomic E-state index is 12.6. The van der Waals surface area contributed by atoms with E-state index in [1.54, 1.807) is 0 Å². The van der Waals surface area contributed by atoms with Gasteiger partial charge in [-0.2, -0.15) is 0 Å². The molecule has 31 heavy (non-hydrogen) atoms. The Balaban J connectivity index is 1.93. The lowest BCUT2D eigenvalue weighted by Gasteiger charge is -2.38. The van der Waals surface area contributed by atoms with E-state index in [-0.39, 0.29) is 41.7 Å². The highest BCUT2D eigenvalue weighted by Gasteiger charge is 2.38. The van der Waals surface area contributed by atoms with Crippen molar-refractivity contribution in [2.75, 3.05) is 31.6 Å². The van der Waals surface area contributed by atoms with Gasteiger partial charge in [-0.1, -0.05) is 13.8 Å². The predicted octanol–water partition coefficient (Wildman–Crippen LogP) is 2.46. The van der Waals surface area contributed by atoms with Crippen molar-refractivity contribution in [1.29, 1.82) is 0 Å². The normalized spacial score (nSPS) is 20.7. The maximum Gasteiger partial charge on any atom is 0.287 e. The number of nitrogens with one attached hydrogen (secondary N) is 2. The Morgan fingerprint density at radius 2 is 2.16 bits per heavy atom. The summed E-state index contributed by atoms with van der Waals surface area (Å²) in [5.74, 6) is 0.850. The van der Waals surface area contributed by atoms with Crippen LogP contribution in [-0.2, 0) is 14.3 Å². The summed E-state index contributed by atoms with van der Waals surface area (Å²) in [6, 6.07) is 2.88. The molecule has 3 N–H and O–H groups in total. The van der Waals surface area contributed by atoms with Crippen molar-refractivity contribution in [2.24, 2.45) is 17.8 Å². The molecule has 172 valence electrons. The van der Waals surface area contributed by atoms with Crippen LogP contribution in [0.2, 0.25) is 0 Å². The minimum Gasteiger partial charge on any atom is -0.459 e. The summed E-state index contributed by atoms with van der Waals surface area (Å²) in [5.41, 5.74) is -0.0823. The van der Waals surface area contributed by atoms with Crippen molar-refractivity contribution in [1.82, 2.24) is 10.3 Å². The molecule has 0 bridgehead atoms. The molecule has 10 heteroatoms. The Morgan fingerprint density at radius 3 is 2.74 bits per heavy atom. The summed E-state index contributed by atoms with van der Waals surface area (Å²) in [5, 5.41) is 25.7. The van der Waals surface area contributed by atoms with Crippen LogP contribution in [0, 0.1) is 27.9 Å². The number of carbonyl (C=O) groups is 1. The van der Waals surface area contributed by atoms with Gasteiger partial charge >= 0.3 is 0 Å². The van der Waals surface area contributed by atoms with Crippen LogP contribution < -0.4 is 10.6 Å². The van der Waals surface area contributed by atoms with Crippen molar-refractivity contribution < 1.29 is 24.3 Å². The number of hydrogen-bond donors (Lipinski definition) is 3. The average molecular weight is 437 g/mol. The number of carbonyl (C=O) groups excluding carboxylic acids is 1. The van der Waals surface area contributed by atoms with Crippen molar-refractivity contribution in [2.45, 2.75) is 39.9 Å². The monoisotopic (exact) mass is 436 g/mol. The molecule has 0 unspecified atom stereocenters. The number of ether oxygens (including phenoxy) is 2. The molecule has 1 aliphatic heterocycles. The Kier molecular flexibility index (Phi) is 9.67. The van der Waals surface area contributed by atoms with Gasteiger partial charge in [-0.05, 0) is 43.7 Å². The van der Waals surface area contributed by atoms with Crippen LogP contribution in [0.25, 0.3) is 0 Å². The number of rotatable bonds is 12. The Labute approximate surface area is 182 Å². The minimum atomic E-state index is -0.530. The zero-order valence-corrected chi connectivity index (χ0v) is 18.2. The molecule has 0 fully saturated rings. The first-order valence-corrected chi connectivity index (χ1v) is 10.6. The van der Waals surface area contributed by atoms with E-state index < -0.39 is 11.2 Å². The number of nitro groups is 1. The highest BCUT2D eigenvalue weighted by atomic mass is 16.7. The Morgan fingerprint density at radius 1 is 1.39 bits per heavy atom. The van der Waals surface area contributed by atoms with Gasteiger partial charge in [0.25, 0.3) is 11.6 Å². The number of allylic oxidation sites excluding steroid dienone is 1. The summed E-state index contributed by atoms with van der Waals surface area (Å²) in [4.78, 5) is 26.8. The molecule has 0 aromatic carbocycles. The van der Waals surface area contributed by atoms with E-state index in [4.69, 9.17) is 9.47 Å². The molecule has 2 heterocycles. The Bertz CT molecular complexity index is 753. The van der Waals surface area contributed by atoms with Crippen LogP contribution in [0.4, 0.5) is 11.5 Å². The van der Waals surface area contributed by atoms with Gasteiger partial charge in [0.2, 0.25) is 6.29 Å². The van der Waals surface area contributed by atoms with Crippen molar-refractivity contribution >= 4 is 17.4 Å². The summed E-state index contributed by atoms with van der Waals surface area (Å²) >= 11 is 0. The van der Waals surface area contributed by atoms with Gasteiger partial charge in [0.15, 0.2) is 5.76 Å². The number of amides is 1. The second kappa shape index (κ2) is 12.2. The summed E-state index contributed by atoms with van der Waals surface area (Å²) in [7, 11) is 0. The molecule has 1 aromatic rings. The SMILES string of the molecule is CCO[C@@H]1OC(C(=O)NCCNc2ccc([N+](=O)[O-])cn2)=C[C@H](C(C)C)[C@H]1CCCO. The summed E-state index contributed by atoms with van der Waals surface area (Å²) in [6.07, 6.45) is 3.91. The fourth-order valence-corrected chi connectivity index (χ4v) is 3.58. The first kappa shape index (κ1) is 24.5. The molecule has 0 saturated heterocycles. The number of aromatic nitrogens is 1. The molecular formula is C21H32N4O6. The molecule has 0 aliphatic carbocycles. The molecule has 1 aliphatic rings. The van der Waals surface area contributed by atoms with E-state index in [9.17, 15) is 20.0 Å². The number of hydrogen-bond acceptors (Lipinski definition) is 8. The third kappa shape index (κ3) is 7.18. The lowest BCUT2D eigenvalue weighted by atomic mass is 9.78. The van der Waals surface area contributed by atoms with Gasteiger partial charge in [-0.15, -0.1) is 0 Å². The molecule has 1 amide bonds. The molecule has 3 atom stereocenters. The second-order valence-corrected chi connectivity index (χ2v) is 7.66. The quantitative estimate of drug-likeness (QED) is 0.258. The van der Waals surface area contributed by atoms with E-state index in [0.29, 0.717) is 31.9 Å². The molecule has 0 spiro atoms. The van der Waals surface area contributed by atoms with Crippen LogP contribution in [0.5, 0.6) is 0 Å². The first-order chi connectivity index (χ1) is 14.9. The maximum absolute atomic E-state index is 12.6. The first-order valence-electron chi connectivity index (χ1n) is 10.6. The smallest absolute Gasteiger partial charge is 0.287 e. The van der Waals surface area contributed by atoms with E-state index in [1.165, 1.54) is 18.3 Å². The number of nitrogens with zero attached hydrogens (tertiary/aromatic N) is 2. The lowest BCUT2D eigenvalue weighted by molar-refractivity contribution is -0.385. The zero-order valence-electron chi connectivity index (χ0n) is 18.2. The van der Waals surface area contributed by atoms with Gasteiger partial charge in [0.1, 0.15) is 12.0 Å². The fraction of sp³-hybridized carbons (Fsp3) is 0.619. The third-order valence-corrected chi connectivity index (χ3v) is 5.13. The second-order valence-electron chi connectivity index (χ2n) is 7.66. The minimum absolute atomic E-state index is 0.0681. The van der Waals surface area contributed by atoms with Crippen molar-refractivity contribution in [3.05, 3.63) is 40.3 Å². The highest BCUT2D eigenvalue weighted by molar-refractivity contribution is 5.91. The third-order valence-electron chi connectivity index (χ3n) is 5.13. The number of anilines is 1. The average Bonchev–Trinajstić information content (AvgIpc) is 2.75. The largest absolute Gasteiger partial charge is 0.459 e. The molecule has 0 radical (unpaired) electrons. The van der Waals surface area contributed by atoms with Gasteiger partial charge in [0, 0.05) is 38.3 Å². The fourth-order valence-electron chi connectivity index (χ4n) is 3.58. The standard InChI is InChI=1S/C21H32N4O6/c1-4-30-21-16(6-5-11-26)17(14(2)3)12-18(31-21)20(27)23-10-9-22-19-8-7-15(13-24-19)25(28)29/h7-8,12-14,16-17,21,26H,4-6,9-11H2,1-3H3,(H,22,24)(H,23,27)/t16-,17-,21-/m1/s1. The van der Waals surface area contributed by atoms with Gasteiger partial charge in [-0.3, -0.25) is 14.9 Å². The highest BCUT2D eigenvalue weighted by Crippen LogP contribution is 2.36. The number of aliphatic hydroxyl groups excluding tert-OH is 1. The lowest BCUT2D eigenvalue weighted by Crippen LogP contribution is -2.41. The summed E-state index contributed by atoms with van der Waals surface area (Å²) < 4.78 is 11.6. The van der Waals surface area contributed by atoms with Gasteiger partial charge in [-0.25, -0.2) is 4.98 Å². The zero-order chi connectivity index (χ0) is 22.8. The van der Waals surface area contributed by atoms with E-state index in [1.807, 2.05) is 13.0 Å². The van der Waals surface area contributed by atoms with Crippen LogP contribution >= 0.6 is 0 Å². The topological polar surface area (TPSA) is 136 Å². The van der Waals surface area contributed by atoms with Crippen molar-refractivity contribution in [3.63, 3.8) is 0 Å². The van der Waals surface area contributed by atoms with Crippen LogP contribution in [0.1, 0.15) is 33.6 Å². The van der Waals surface area contributed by atoms with E-state index >= 15 is 0 Å². The number of aliphatic hydroxyl groups is 1. The molecule has 0 saturated carbocycles. The molecule has 1 aromatic heterocycles. The molecule has 2 rings (SSSR count). The van der Waals surface area contributed by atoms with Gasteiger partial charge in [0.05, 0.1) is 4.92 Å². The van der Waals surface area contributed by atoms with Gasteiger partial charge < -0.3 is 25.2 Å². The number of pyridine rings is 1. The summed E-state index contributed by atoms with van der Waals surface area (Å²) in [6.45, 7) is 7.35. The predicted molar refractivity (Wildman–Crippen MR) is 115 cm³/mol. The molecular weight excluding hydrogens is 404 g/mol. The molecule has 10 nitrogen and oxygen atoms in total. The van der Waals surface area contributed by atoms with E-state index in [2.05, 4.69) is 29.5 Å². The van der Waals surface area contributed by atoms with Crippen molar-refractivity contribution in [3.8, 4) is 0 Å². The van der Waals surface area contributed by atoms with E-state index in [0.717, 1.165) is 6.42 Å².